The molecule has 1 saturated carbocycles. The number of carbonyl (C=O) groups excluding carboxylic acids is 2. The van der Waals surface area contributed by atoms with E-state index in [4.69, 9.17) is 58.0 Å². The molecule has 0 bridgehead atoms. The smallest absolute Gasteiger partial charge is 0.257 e. The van der Waals surface area contributed by atoms with Crippen molar-refractivity contribution in [1.82, 2.24) is 0 Å². The van der Waals surface area contributed by atoms with Crippen LogP contribution in [0.3, 0.4) is 0 Å². The Morgan fingerprint density at radius 3 is 2.25 bits per heavy atom. The predicted octanol–water partition coefficient (Wildman–Crippen LogP) is 7.71. The van der Waals surface area contributed by atoms with Crippen LogP contribution in [0.15, 0.2) is 48.5 Å². The topological polar surface area (TPSA) is 67.4 Å². The van der Waals surface area contributed by atoms with E-state index in [1.165, 1.54) is 18.2 Å². The molecule has 0 radical (unpaired) electrons. The van der Waals surface area contributed by atoms with Crippen LogP contribution in [-0.4, -0.2) is 23.3 Å². The molecule has 36 heavy (non-hydrogen) atoms. The third-order valence-electron chi connectivity index (χ3n) is 5.56. The lowest BCUT2D eigenvalue weighted by atomic mass is 10.1. The monoisotopic (exact) mass is 592 g/mol. The van der Waals surface area contributed by atoms with Crippen LogP contribution in [0.25, 0.3) is 0 Å². The Hall–Kier alpha value is -2.29. The number of hydrogen-bond donors (Lipinski definition) is 2. The fourth-order valence-electron chi connectivity index (χ4n) is 3.83. The van der Waals surface area contributed by atoms with Crippen molar-refractivity contribution >= 4 is 81.2 Å². The molecule has 4 rings (SSSR count). The van der Waals surface area contributed by atoms with Crippen molar-refractivity contribution in [2.24, 2.45) is 5.92 Å². The second kappa shape index (κ2) is 10.2. The van der Waals surface area contributed by atoms with Gasteiger partial charge in [-0.1, -0.05) is 34.8 Å². The summed E-state index contributed by atoms with van der Waals surface area (Å²) in [5, 5.41) is 5.74. The third kappa shape index (κ3) is 5.22. The summed E-state index contributed by atoms with van der Waals surface area (Å²) in [6.45, 7) is 0. The van der Waals surface area contributed by atoms with Crippen molar-refractivity contribution in [2.75, 3.05) is 17.7 Å². The average Bonchev–Trinajstić information content (AvgIpc) is 3.38. The molecule has 0 saturated heterocycles. The number of anilines is 2. The minimum atomic E-state index is -1.40. The van der Waals surface area contributed by atoms with Gasteiger partial charge in [0.25, 0.3) is 5.91 Å². The van der Waals surface area contributed by atoms with Gasteiger partial charge in [0, 0.05) is 21.7 Å². The summed E-state index contributed by atoms with van der Waals surface area (Å²) in [6.07, 6.45) is 0. The quantitative estimate of drug-likeness (QED) is 0.287. The van der Waals surface area contributed by atoms with Crippen molar-refractivity contribution < 1.29 is 23.1 Å². The largest absolute Gasteiger partial charge is 0.491 e. The van der Waals surface area contributed by atoms with Gasteiger partial charge in [-0.25, -0.2) is 8.78 Å². The molecule has 2 unspecified atom stereocenters. The van der Waals surface area contributed by atoms with Gasteiger partial charge in [-0.3, -0.25) is 9.59 Å². The van der Waals surface area contributed by atoms with Gasteiger partial charge in [-0.2, -0.15) is 0 Å². The lowest BCUT2D eigenvalue weighted by Gasteiger charge is -2.12. The number of alkyl halides is 2. The van der Waals surface area contributed by atoms with E-state index in [-0.39, 0.29) is 22.0 Å². The van der Waals surface area contributed by atoms with E-state index in [2.05, 4.69) is 15.4 Å². The summed E-state index contributed by atoms with van der Waals surface area (Å²) >= 11 is 31.0. The highest BCUT2D eigenvalue weighted by atomic mass is 35.5. The van der Waals surface area contributed by atoms with Crippen molar-refractivity contribution in [3.05, 3.63) is 86.4 Å². The van der Waals surface area contributed by atoms with Crippen molar-refractivity contribution in [3.63, 3.8) is 0 Å². The van der Waals surface area contributed by atoms with E-state index in [1.54, 1.807) is 18.2 Å². The first-order valence-electron chi connectivity index (χ1n) is 10.2. The van der Waals surface area contributed by atoms with Gasteiger partial charge in [0.05, 0.1) is 29.3 Å². The number of nitrogens with one attached hydrogen (secondary N) is 2. The number of ether oxygens (including phenoxy) is 1. The summed E-state index contributed by atoms with van der Waals surface area (Å²) in [6, 6.07) is 10.9. The van der Waals surface area contributed by atoms with E-state index in [1.807, 2.05) is 0 Å². The van der Waals surface area contributed by atoms with Crippen molar-refractivity contribution in [3.8, 4) is 5.75 Å². The van der Waals surface area contributed by atoms with Crippen LogP contribution < -0.4 is 15.4 Å². The van der Waals surface area contributed by atoms with Gasteiger partial charge < -0.3 is 15.4 Å². The fourth-order valence-corrected chi connectivity index (χ4v) is 5.40. The van der Waals surface area contributed by atoms with Crippen LogP contribution in [0, 0.1) is 17.6 Å². The second-order valence-corrected chi connectivity index (χ2v) is 10.6. The summed E-state index contributed by atoms with van der Waals surface area (Å²) in [7, 11) is 1.10. The van der Waals surface area contributed by atoms with Crippen molar-refractivity contribution in [2.45, 2.75) is 10.3 Å². The molecule has 0 heterocycles. The number of amides is 2. The van der Waals surface area contributed by atoms with Gasteiger partial charge in [-0.15, -0.1) is 23.2 Å². The van der Waals surface area contributed by atoms with Crippen LogP contribution in [0.2, 0.25) is 15.1 Å². The standard InChI is InChI=1S/C24H15Cl5F2N2O3/c1-36-21-16(30)4-5-17(20(21)31)33-22(34)14-9-13(2-3-15(14)27)32-23(35)19-18(24(19,28)29)10-6-11(25)8-12(26)7-10/h2-9,18-19H,1H3,(H,32,35)(H,33,34). The predicted molar refractivity (Wildman–Crippen MR) is 138 cm³/mol. The lowest BCUT2D eigenvalue weighted by molar-refractivity contribution is -0.117. The first-order chi connectivity index (χ1) is 16.9. The molecule has 2 atom stereocenters. The maximum absolute atomic E-state index is 14.4. The SMILES string of the molecule is COc1c(F)ccc(NC(=O)c2cc(NC(=O)C3C(c4cc(Cl)cc(Cl)c4)C3(Cl)Cl)ccc2Cl)c1F. The molecule has 2 amide bonds. The lowest BCUT2D eigenvalue weighted by Crippen LogP contribution is -2.18. The molecule has 1 aliphatic carbocycles. The maximum atomic E-state index is 14.4. The Labute approximate surface area is 229 Å². The first kappa shape index (κ1) is 26.8. The molecule has 12 heteroatoms. The Kier molecular flexibility index (Phi) is 7.60. The summed E-state index contributed by atoms with van der Waals surface area (Å²) in [5.74, 6) is -5.37. The number of halogens is 7. The molecule has 3 aromatic rings. The zero-order valence-electron chi connectivity index (χ0n) is 18.1. The molecule has 1 fully saturated rings. The molecule has 3 aromatic carbocycles. The normalized spacial score (nSPS) is 17.9. The number of hydrogen-bond acceptors (Lipinski definition) is 3. The fraction of sp³-hybridized carbons (Fsp3) is 0.167. The van der Waals surface area contributed by atoms with Crippen LogP contribution in [0.4, 0.5) is 20.2 Å². The highest BCUT2D eigenvalue weighted by molar-refractivity contribution is 6.53. The van der Waals surface area contributed by atoms with Crippen LogP contribution in [0.1, 0.15) is 21.8 Å². The zero-order chi connectivity index (χ0) is 26.4. The van der Waals surface area contributed by atoms with E-state index in [0.29, 0.717) is 15.6 Å². The van der Waals surface area contributed by atoms with Gasteiger partial charge in [0.2, 0.25) is 5.91 Å². The Morgan fingerprint density at radius 2 is 1.61 bits per heavy atom. The minimum absolute atomic E-state index is 0.0295. The average molecular weight is 595 g/mol. The van der Waals surface area contributed by atoms with Gasteiger partial charge in [0.15, 0.2) is 17.4 Å². The highest BCUT2D eigenvalue weighted by Crippen LogP contribution is 2.65. The second-order valence-electron chi connectivity index (χ2n) is 7.91. The van der Waals surface area contributed by atoms with E-state index >= 15 is 0 Å². The summed E-state index contributed by atoms with van der Waals surface area (Å²) in [4.78, 5) is 25.8. The number of benzene rings is 3. The minimum Gasteiger partial charge on any atom is -0.491 e. The zero-order valence-corrected chi connectivity index (χ0v) is 21.9. The van der Waals surface area contributed by atoms with E-state index in [0.717, 1.165) is 19.2 Å². The number of rotatable bonds is 6. The van der Waals surface area contributed by atoms with Crippen LogP contribution in [-0.2, 0) is 4.79 Å². The summed E-state index contributed by atoms with van der Waals surface area (Å²) in [5.41, 5.74) is 0.421. The Balaban J connectivity index is 1.53. The molecule has 0 aliphatic heterocycles. The van der Waals surface area contributed by atoms with Crippen molar-refractivity contribution in [1.29, 1.82) is 0 Å². The van der Waals surface area contributed by atoms with Gasteiger partial charge in [-0.05, 0) is 54.1 Å². The molecular weight excluding hydrogens is 580 g/mol. The van der Waals surface area contributed by atoms with Crippen LogP contribution in [0.5, 0.6) is 5.75 Å². The molecule has 0 spiro atoms. The third-order valence-corrected chi connectivity index (χ3v) is 7.27. The Morgan fingerprint density at radius 1 is 0.944 bits per heavy atom. The molecule has 1 aliphatic rings. The molecule has 0 aromatic heterocycles. The van der Waals surface area contributed by atoms with Gasteiger partial charge >= 0.3 is 0 Å². The Bertz CT molecular complexity index is 1370. The van der Waals surface area contributed by atoms with Gasteiger partial charge in [0.1, 0.15) is 4.33 Å². The number of carbonyl (C=O) groups is 2. The molecule has 2 N–H and O–H groups in total. The van der Waals surface area contributed by atoms with E-state index in [9.17, 15) is 18.4 Å². The number of methoxy groups -OCH3 is 1. The molecule has 5 nitrogen and oxygen atoms in total. The first-order valence-corrected chi connectivity index (χ1v) is 12.1. The molecular formula is C24H15Cl5F2N2O3. The van der Waals surface area contributed by atoms with E-state index < -0.39 is 45.4 Å². The molecule has 188 valence electrons. The maximum Gasteiger partial charge on any atom is 0.257 e. The summed E-state index contributed by atoms with van der Waals surface area (Å²) < 4.78 is 31.4. The highest BCUT2D eigenvalue weighted by Gasteiger charge is 2.67. The van der Waals surface area contributed by atoms with Crippen LogP contribution >= 0.6 is 58.0 Å².